The van der Waals surface area contributed by atoms with E-state index >= 15 is 0 Å². The van der Waals surface area contributed by atoms with E-state index in [1.807, 2.05) is 48.1 Å². The number of hydrogen-bond acceptors (Lipinski definition) is 5. The molecule has 140 valence electrons. The summed E-state index contributed by atoms with van der Waals surface area (Å²) in [5.74, 6) is 0.600. The lowest BCUT2D eigenvalue weighted by Crippen LogP contribution is -2.58. The van der Waals surface area contributed by atoms with Crippen molar-refractivity contribution in [2.45, 2.75) is 38.4 Å². The van der Waals surface area contributed by atoms with Crippen LogP contribution in [0.1, 0.15) is 25.6 Å². The molecule has 1 aliphatic carbocycles. The number of nitrogens with zero attached hydrogens (tertiary/aromatic N) is 5. The van der Waals surface area contributed by atoms with E-state index in [1.54, 1.807) is 18.0 Å². The van der Waals surface area contributed by atoms with Gasteiger partial charge < -0.3 is 9.47 Å². The molecule has 0 saturated heterocycles. The zero-order valence-electron chi connectivity index (χ0n) is 15.4. The summed E-state index contributed by atoms with van der Waals surface area (Å²) < 4.78 is 1.90. The van der Waals surface area contributed by atoms with Crippen molar-refractivity contribution < 1.29 is 9.59 Å². The molecule has 0 radical (unpaired) electrons. The van der Waals surface area contributed by atoms with Crippen molar-refractivity contribution in [1.29, 1.82) is 0 Å². The van der Waals surface area contributed by atoms with Crippen LogP contribution >= 0.6 is 0 Å². The minimum absolute atomic E-state index is 0.187. The first-order valence-electron chi connectivity index (χ1n) is 9.05. The molecule has 2 aromatic rings. The van der Waals surface area contributed by atoms with Crippen LogP contribution in [0.15, 0.2) is 47.7 Å². The third-order valence-corrected chi connectivity index (χ3v) is 4.82. The maximum absolute atomic E-state index is 13.2. The minimum atomic E-state index is -0.625. The number of hydrazine groups is 1. The third-order valence-electron chi connectivity index (χ3n) is 4.82. The first kappa shape index (κ1) is 17.3. The van der Waals surface area contributed by atoms with Gasteiger partial charge in [-0.15, -0.1) is 0 Å². The van der Waals surface area contributed by atoms with Crippen molar-refractivity contribution in [1.82, 2.24) is 19.9 Å². The maximum Gasteiger partial charge on any atom is 0.291 e. The number of benzene rings is 1. The van der Waals surface area contributed by atoms with E-state index in [9.17, 15) is 9.59 Å². The SMILES string of the molecule is C[C@@H]1N=C(C(=O)N(Cc2nccn2C)C2CC2)NN(c2ccccc2)C1=O. The Hall–Kier alpha value is -3.16. The Morgan fingerprint density at radius 3 is 2.67 bits per heavy atom. The molecule has 0 spiro atoms. The fourth-order valence-corrected chi connectivity index (χ4v) is 3.09. The Kier molecular flexibility index (Phi) is 4.39. The summed E-state index contributed by atoms with van der Waals surface area (Å²) in [5, 5.41) is 1.40. The number of amides is 2. The quantitative estimate of drug-likeness (QED) is 0.863. The number of anilines is 1. The van der Waals surface area contributed by atoms with E-state index in [2.05, 4.69) is 15.4 Å². The zero-order valence-corrected chi connectivity index (χ0v) is 15.4. The molecule has 1 aromatic carbocycles. The highest BCUT2D eigenvalue weighted by molar-refractivity contribution is 6.39. The van der Waals surface area contributed by atoms with Crippen molar-refractivity contribution >= 4 is 23.3 Å². The number of hydrogen-bond donors (Lipinski definition) is 1. The topological polar surface area (TPSA) is 82.8 Å². The highest BCUT2D eigenvalue weighted by Crippen LogP contribution is 2.29. The highest BCUT2D eigenvalue weighted by atomic mass is 16.2. The van der Waals surface area contributed by atoms with Gasteiger partial charge in [0.15, 0.2) is 0 Å². The van der Waals surface area contributed by atoms with Crippen LogP contribution in [0.5, 0.6) is 0 Å². The number of carbonyl (C=O) groups excluding carboxylic acids is 2. The Balaban J connectivity index is 1.58. The minimum Gasteiger partial charge on any atom is -0.337 e. The molecule has 8 heteroatoms. The number of imidazole rings is 1. The normalized spacial score (nSPS) is 19.5. The van der Waals surface area contributed by atoms with Crippen molar-refractivity contribution in [3.05, 3.63) is 48.5 Å². The number of aryl methyl sites for hydroxylation is 1. The number of aromatic nitrogens is 2. The summed E-state index contributed by atoms with van der Waals surface area (Å²) in [6.07, 6.45) is 5.53. The summed E-state index contributed by atoms with van der Waals surface area (Å²) in [6.45, 7) is 2.12. The van der Waals surface area contributed by atoms with Gasteiger partial charge in [-0.1, -0.05) is 18.2 Å². The van der Waals surface area contributed by atoms with Crippen LogP contribution in [0.25, 0.3) is 0 Å². The van der Waals surface area contributed by atoms with E-state index in [1.165, 1.54) is 5.01 Å². The van der Waals surface area contributed by atoms with Crippen molar-refractivity contribution in [3.63, 3.8) is 0 Å². The number of aliphatic imine (C=N–C) groups is 1. The molecular formula is C19H22N6O2. The molecule has 2 heterocycles. The largest absolute Gasteiger partial charge is 0.337 e. The van der Waals surface area contributed by atoms with Crippen LogP contribution in [-0.2, 0) is 23.2 Å². The molecule has 27 heavy (non-hydrogen) atoms. The first-order valence-corrected chi connectivity index (χ1v) is 9.05. The van der Waals surface area contributed by atoms with Gasteiger partial charge in [-0.05, 0) is 31.9 Å². The highest BCUT2D eigenvalue weighted by Gasteiger charge is 2.38. The van der Waals surface area contributed by atoms with Gasteiger partial charge in [-0.25, -0.2) is 15.0 Å². The molecule has 8 nitrogen and oxygen atoms in total. The van der Waals surface area contributed by atoms with E-state index in [-0.39, 0.29) is 23.7 Å². The Labute approximate surface area is 157 Å². The third kappa shape index (κ3) is 3.42. The molecule has 1 aromatic heterocycles. The standard InChI is InChI=1S/C19H22N6O2/c1-13-18(26)25(15-6-4-3-5-7-15)22-17(21-13)19(27)24(14-8-9-14)12-16-20-10-11-23(16)2/h3-7,10-11,13-14H,8-9,12H2,1-2H3,(H,21,22)/t13-/m0/s1. The molecular weight excluding hydrogens is 344 g/mol. The lowest BCUT2D eigenvalue weighted by molar-refractivity contribution is -0.126. The second-order valence-corrected chi connectivity index (χ2v) is 6.89. The van der Waals surface area contributed by atoms with Crippen LogP contribution in [0, 0.1) is 0 Å². The number of amidine groups is 1. The second kappa shape index (κ2) is 6.86. The second-order valence-electron chi connectivity index (χ2n) is 6.89. The van der Waals surface area contributed by atoms with E-state index in [0.29, 0.717) is 12.2 Å². The Bertz CT molecular complexity index is 887. The molecule has 2 aliphatic rings. The van der Waals surface area contributed by atoms with Crippen molar-refractivity contribution in [2.24, 2.45) is 12.0 Å². The lowest BCUT2D eigenvalue weighted by Gasteiger charge is -2.32. The predicted molar refractivity (Wildman–Crippen MR) is 101 cm³/mol. The summed E-state index contributed by atoms with van der Waals surface area (Å²) in [4.78, 5) is 36.2. The van der Waals surface area contributed by atoms with Crippen LogP contribution in [0.2, 0.25) is 0 Å². The summed E-state index contributed by atoms with van der Waals surface area (Å²) in [5.41, 5.74) is 3.60. The number of para-hydroxylation sites is 1. The molecule has 1 saturated carbocycles. The first-order chi connectivity index (χ1) is 13.0. The number of nitrogens with one attached hydrogen (secondary N) is 1. The monoisotopic (exact) mass is 366 g/mol. The van der Waals surface area contributed by atoms with Crippen LogP contribution in [0.3, 0.4) is 0 Å². The van der Waals surface area contributed by atoms with Gasteiger partial charge in [0.25, 0.3) is 11.8 Å². The molecule has 1 atom stereocenters. The molecule has 1 N–H and O–H groups in total. The molecule has 1 aliphatic heterocycles. The molecule has 2 amide bonds. The van der Waals surface area contributed by atoms with Crippen LogP contribution in [-0.4, -0.2) is 44.2 Å². The number of rotatable bonds is 5. The van der Waals surface area contributed by atoms with Gasteiger partial charge in [-0.2, -0.15) is 0 Å². The molecule has 0 unspecified atom stereocenters. The van der Waals surface area contributed by atoms with Crippen molar-refractivity contribution in [2.75, 3.05) is 5.01 Å². The fraction of sp³-hybridized carbons (Fsp3) is 0.368. The van der Waals surface area contributed by atoms with Gasteiger partial charge in [-0.3, -0.25) is 15.0 Å². The summed E-state index contributed by atoms with van der Waals surface area (Å²) in [6, 6.07) is 8.77. The molecule has 1 fully saturated rings. The average molecular weight is 366 g/mol. The predicted octanol–water partition coefficient (Wildman–Crippen LogP) is 1.25. The maximum atomic E-state index is 13.2. The van der Waals surface area contributed by atoms with E-state index in [0.717, 1.165) is 18.7 Å². The van der Waals surface area contributed by atoms with E-state index < -0.39 is 6.04 Å². The summed E-state index contributed by atoms with van der Waals surface area (Å²) in [7, 11) is 1.91. The van der Waals surface area contributed by atoms with E-state index in [4.69, 9.17) is 0 Å². The van der Waals surface area contributed by atoms with Crippen LogP contribution < -0.4 is 10.4 Å². The van der Waals surface area contributed by atoms with Gasteiger partial charge >= 0.3 is 0 Å². The zero-order chi connectivity index (χ0) is 19.0. The van der Waals surface area contributed by atoms with Gasteiger partial charge in [0.2, 0.25) is 5.84 Å². The van der Waals surface area contributed by atoms with Gasteiger partial charge in [0, 0.05) is 25.5 Å². The fourth-order valence-electron chi connectivity index (χ4n) is 3.09. The molecule has 4 rings (SSSR count). The summed E-state index contributed by atoms with van der Waals surface area (Å²) >= 11 is 0. The average Bonchev–Trinajstić information content (AvgIpc) is 3.44. The Morgan fingerprint density at radius 1 is 1.30 bits per heavy atom. The Morgan fingerprint density at radius 2 is 2.04 bits per heavy atom. The van der Waals surface area contributed by atoms with Gasteiger partial charge in [0.05, 0.1) is 12.2 Å². The van der Waals surface area contributed by atoms with Gasteiger partial charge in [0.1, 0.15) is 11.9 Å². The lowest BCUT2D eigenvalue weighted by atomic mass is 10.2. The van der Waals surface area contributed by atoms with Crippen LogP contribution in [0.4, 0.5) is 5.69 Å². The molecule has 0 bridgehead atoms. The smallest absolute Gasteiger partial charge is 0.291 e. The number of carbonyl (C=O) groups is 2. The van der Waals surface area contributed by atoms with Crippen molar-refractivity contribution in [3.8, 4) is 0 Å².